The first-order valence-corrected chi connectivity index (χ1v) is 20.3. The zero-order valence-electron chi connectivity index (χ0n) is 30.4. The molecule has 0 aliphatic heterocycles. The van der Waals surface area contributed by atoms with E-state index in [1.165, 1.54) is 97.1 Å². The molecule has 4 aromatic carbocycles. The molecule has 2 atom stereocenters. The number of hydrogen-bond donors (Lipinski definition) is 1. The fourth-order valence-corrected chi connectivity index (χ4v) is 10.7. The van der Waals surface area contributed by atoms with Crippen LogP contribution in [0.4, 0.5) is 0 Å². The number of sulfone groups is 2. The van der Waals surface area contributed by atoms with Gasteiger partial charge in [0.15, 0.2) is 23.8 Å². The number of esters is 3. The van der Waals surface area contributed by atoms with Gasteiger partial charge in [0.25, 0.3) is 0 Å². The van der Waals surface area contributed by atoms with Gasteiger partial charge in [-0.1, -0.05) is 84.4 Å². The van der Waals surface area contributed by atoms with Crippen molar-refractivity contribution in [3.63, 3.8) is 0 Å². The minimum Gasteiger partial charge on any atom is -0.478 e. The van der Waals surface area contributed by atoms with Crippen LogP contribution in [0.2, 0.25) is 0 Å². The van der Waals surface area contributed by atoms with Crippen LogP contribution in [-0.2, 0) is 43.5 Å². The molecule has 0 heterocycles. The van der Waals surface area contributed by atoms with Crippen molar-refractivity contribution in [3.05, 3.63) is 144 Å². The van der Waals surface area contributed by atoms with E-state index in [9.17, 15) is 41.1 Å². The molecule has 12 nitrogen and oxygen atoms in total. The summed E-state index contributed by atoms with van der Waals surface area (Å²) >= 11 is 0. The quantitative estimate of drug-likeness (QED) is 0.0371. The molecule has 4 aromatic rings. The first-order chi connectivity index (χ1) is 26.7. The van der Waals surface area contributed by atoms with Crippen LogP contribution >= 0.6 is 0 Å². The van der Waals surface area contributed by atoms with E-state index in [2.05, 4.69) is 5.92 Å². The van der Waals surface area contributed by atoms with Crippen LogP contribution in [0.25, 0.3) is 0 Å². The minimum atomic E-state index is -4.56. The van der Waals surface area contributed by atoms with Gasteiger partial charge in [-0.2, -0.15) is 0 Å². The lowest BCUT2D eigenvalue weighted by atomic mass is 10.1. The second-order valence-corrected chi connectivity index (χ2v) is 17.3. The van der Waals surface area contributed by atoms with Crippen molar-refractivity contribution in [1.82, 2.24) is 0 Å². The maximum Gasteiger partial charge on any atom is 0.352 e. The van der Waals surface area contributed by atoms with Gasteiger partial charge in [-0.05, 0) is 81.1 Å². The monoisotopic (exact) mass is 800 g/mol. The number of carboxylic acid groups (broad SMARTS) is 1. The standard InChI is InChI=1S/C42H40O12S2/c1-3-28-42(55(48,49)34-24-12-6-13-25-34,56(50,51)35-26-14-7-15-27-35)29-16-18-31(2)19-17-30-52-41(47)37(54-40(46)33-22-10-5-11-23-33)36(38(43)44)53-39(45)32-20-8-4-9-21-32/h1,4-15,18,20-27,36-37H,16-17,19,28-30H2,2H3,(H,43,44)/b31-18+/t36-,37-/m1/s1. The zero-order chi connectivity index (χ0) is 40.8. The SMILES string of the molecule is C#CCC(CC/C=C(\C)CCCOC(=O)[C@H](OC(=O)c1ccccc1)[C@@H](OC(=O)c1ccccc1)C(=O)O)(S(=O)(=O)c1ccccc1)S(=O)(=O)c1ccccc1. The van der Waals surface area contributed by atoms with Crippen LogP contribution in [-0.4, -0.2) is 68.7 Å². The van der Waals surface area contributed by atoms with E-state index < -0.39 is 66.3 Å². The summed E-state index contributed by atoms with van der Waals surface area (Å²) in [6, 6.07) is 29.4. The number of terminal acetylenes is 1. The third-order valence-electron chi connectivity index (χ3n) is 8.67. The van der Waals surface area contributed by atoms with Gasteiger partial charge in [0, 0.05) is 6.42 Å². The minimum absolute atomic E-state index is 0.00369. The molecule has 0 saturated heterocycles. The molecule has 0 unspecified atom stereocenters. The second kappa shape index (κ2) is 19.5. The molecule has 4 rings (SSSR count). The molecule has 0 aliphatic carbocycles. The molecule has 292 valence electrons. The second-order valence-electron chi connectivity index (χ2n) is 12.5. The van der Waals surface area contributed by atoms with Crippen LogP contribution in [0.15, 0.2) is 143 Å². The van der Waals surface area contributed by atoms with E-state index in [1.54, 1.807) is 37.3 Å². The van der Waals surface area contributed by atoms with E-state index in [-0.39, 0.29) is 53.2 Å². The van der Waals surface area contributed by atoms with E-state index in [1.807, 2.05) is 0 Å². The number of ether oxygens (including phenoxy) is 3. The summed E-state index contributed by atoms with van der Waals surface area (Å²) < 4.78 is 70.1. The first kappa shape index (κ1) is 42.7. The Hall–Kier alpha value is -6.04. The van der Waals surface area contributed by atoms with Gasteiger partial charge in [-0.25, -0.2) is 36.0 Å². The molecule has 0 bridgehead atoms. The summed E-state index contributed by atoms with van der Waals surface area (Å²) in [5.41, 5.74) is 0.690. The fraction of sp³-hybridized carbons (Fsp3) is 0.238. The third kappa shape index (κ3) is 10.2. The molecule has 0 aromatic heterocycles. The molecule has 0 amide bonds. The number of allylic oxidation sites excluding steroid dienone is 2. The Bertz CT molecular complexity index is 2200. The number of aliphatic carboxylic acids is 1. The molecule has 1 N–H and O–H groups in total. The molecule has 0 fully saturated rings. The van der Waals surface area contributed by atoms with Crippen LogP contribution in [0.3, 0.4) is 0 Å². The van der Waals surface area contributed by atoms with Crippen LogP contribution in [0.1, 0.15) is 59.7 Å². The predicted molar refractivity (Wildman–Crippen MR) is 206 cm³/mol. The normalized spacial score (nSPS) is 13.0. The number of carbonyl (C=O) groups excluding carboxylic acids is 3. The molecular formula is C42H40O12S2. The van der Waals surface area contributed by atoms with Gasteiger partial charge >= 0.3 is 23.9 Å². The highest BCUT2D eigenvalue weighted by atomic mass is 32.3. The maximum atomic E-state index is 14.2. The van der Waals surface area contributed by atoms with Gasteiger partial charge in [-0.3, -0.25) is 0 Å². The van der Waals surface area contributed by atoms with E-state index in [0.717, 1.165) is 0 Å². The predicted octanol–water partition coefficient (Wildman–Crippen LogP) is 6.24. The van der Waals surface area contributed by atoms with Gasteiger partial charge in [0.1, 0.15) is 0 Å². The molecular weight excluding hydrogens is 761 g/mol. The lowest BCUT2D eigenvalue weighted by molar-refractivity contribution is -0.170. The first-order valence-electron chi connectivity index (χ1n) is 17.3. The Balaban J connectivity index is 1.49. The van der Waals surface area contributed by atoms with Gasteiger partial charge in [0.2, 0.25) is 12.2 Å². The maximum absolute atomic E-state index is 14.2. The Morgan fingerprint density at radius 3 is 1.57 bits per heavy atom. The Labute approximate surface area is 326 Å². The topological polar surface area (TPSA) is 184 Å². The largest absolute Gasteiger partial charge is 0.478 e. The number of hydrogen-bond acceptors (Lipinski definition) is 11. The average molecular weight is 801 g/mol. The Morgan fingerprint density at radius 2 is 1.14 bits per heavy atom. The van der Waals surface area contributed by atoms with Crippen molar-refractivity contribution in [2.24, 2.45) is 0 Å². The summed E-state index contributed by atoms with van der Waals surface area (Å²) in [6.45, 7) is 1.43. The highest BCUT2D eigenvalue weighted by Crippen LogP contribution is 2.42. The van der Waals surface area contributed by atoms with Crippen molar-refractivity contribution < 1.29 is 55.3 Å². The number of carboxylic acids is 1. The summed E-state index contributed by atoms with van der Waals surface area (Å²) in [6.07, 6.45) is 2.35. The Morgan fingerprint density at radius 1 is 0.714 bits per heavy atom. The number of benzene rings is 4. The molecule has 0 spiro atoms. The molecule has 56 heavy (non-hydrogen) atoms. The van der Waals surface area contributed by atoms with Crippen molar-refractivity contribution in [3.8, 4) is 12.3 Å². The van der Waals surface area contributed by atoms with Crippen LogP contribution in [0.5, 0.6) is 0 Å². The van der Waals surface area contributed by atoms with Crippen LogP contribution in [0, 0.1) is 12.3 Å². The van der Waals surface area contributed by atoms with Gasteiger partial charge in [-0.15, -0.1) is 12.3 Å². The number of rotatable bonds is 19. The molecule has 0 radical (unpaired) electrons. The van der Waals surface area contributed by atoms with Gasteiger partial charge < -0.3 is 19.3 Å². The number of carbonyl (C=O) groups is 4. The van der Waals surface area contributed by atoms with E-state index in [4.69, 9.17) is 20.6 Å². The summed E-state index contributed by atoms with van der Waals surface area (Å²) in [4.78, 5) is 50.8. The van der Waals surface area contributed by atoms with Crippen LogP contribution < -0.4 is 0 Å². The zero-order valence-corrected chi connectivity index (χ0v) is 32.0. The molecule has 0 saturated carbocycles. The van der Waals surface area contributed by atoms with Crippen molar-refractivity contribution in [2.45, 2.75) is 65.1 Å². The highest BCUT2D eigenvalue weighted by molar-refractivity contribution is 8.10. The van der Waals surface area contributed by atoms with Crippen molar-refractivity contribution in [1.29, 1.82) is 0 Å². The smallest absolute Gasteiger partial charge is 0.352 e. The molecule has 0 aliphatic rings. The summed E-state index contributed by atoms with van der Waals surface area (Å²) in [5, 5.41) is 9.95. The fourth-order valence-electron chi connectivity index (χ4n) is 5.71. The molecule has 14 heteroatoms. The summed E-state index contributed by atoms with van der Waals surface area (Å²) in [7, 11) is -9.11. The Kier molecular flexibility index (Phi) is 14.9. The van der Waals surface area contributed by atoms with Crippen molar-refractivity contribution in [2.75, 3.05) is 6.61 Å². The average Bonchev–Trinajstić information content (AvgIpc) is 3.21. The third-order valence-corrected chi connectivity index (χ3v) is 14.4. The van der Waals surface area contributed by atoms with E-state index in [0.29, 0.717) is 5.57 Å². The summed E-state index contributed by atoms with van der Waals surface area (Å²) in [5.74, 6) is -2.88. The lowest BCUT2D eigenvalue weighted by Crippen LogP contribution is -2.46. The highest BCUT2D eigenvalue weighted by Gasteiger charge is 2.55. The van der Waals surface area contributed by atoms with Gasteiger partial charge in [0.05, 0.1) is 27.5 Å². The lowest BCUT2D eigenvalue weighted by Gasteiger charge is -2.31. The van der Waals surface area contributed by atoms with E-state index >= 15 is 0 Å². The van der Waals surface area contributed by atoms with Crippen molar-refractivity contribution >= 4 is 43.6 Å².